The molecule has 0 bridgehead atoms. The minimum Gasteiger partial charge on any atom is -0.497 e. The Bertz CT molecular complexity index is 2340. The van der Waals surface area contributed by atoms with E-state index in [1.807, 2.05) is 85.2 Å². The first-order chi connectivity index (χ1) is 25.5. The smallest absolute Gasteiger partial charge is 0.170 e. The van der Waals surface area contributed by atoms with Gasteiger partial charge in [0.1, 0.15) is 29.2 Å². The first-order valence-corrected chi connectivity index (χ1v) is 17.2. The van der Waals surface area contributed by atoms with Gasteiger partial charge in [0.25, 0.3) is 0 Å². The van der Waals surface area contributed by atoms with E-state index in [-0.39, 0.29) is 0 Å². The molecule has 7 aromatic rings. The van der Waals surface area contributed by atoms with E-state index in [1.54, 1.807) is 18.9 Å². The summed E-state index contributed by atoms with van der Waals surface area (Å²) >= 11 is 0. The van der Waals surface area contributed by atoms with Crippen LogP contribution in [0, 0.1) is 0 Å². The minimum absolute atomic E-state index is 0.316. The summed E-state index contributed by atoms with van der Waals surface area (Å²) in [5.41, 5.74) is 7.01. The van der Waals surface area contributed by atoms with Crippen LogP contribution in [0.25, 0.3) is 22.2 Å². The van der Waals surface area contributed by atoms with Crippen molar-refractivity contribution in [2.24, 2.45) is 7.05 Å². The number of aromatic nitrogens is 7. The van der Waals surface area contributed by atoms with Crippen molar-refractivity contribution in [3.63, 3.8) is 0 Å². The zero-order valence-electron chi connectivity index (χ0n) is 29.3. The van der Waals surface area contributed by atoms with E-state index in [0.717, 1.165) is 51.8 Å². The van der Waals surface area contributed by atoms with Gasteiger partial charge >= 0.3 is 0 Å². The zero-order valence-corrected chi connectivity index (χ0v) is 29.3. The lowest BCUT2D eigenvalue weighted by Gasteiger charge is -2.38. The highest BCUT2D eigenvalue weighted by Crippen LogP contribution is 2.43. The number of allylic oxidation sites excluding steroid dienone is 4. The summed E-state index contributed by atoms with van der Waals surface area (Å²) in [6.07, 6.45) is 15.9. The van der Waals surface area contributed by atoms with Crippen LogP contribution in [0.1, 0.15) is 29.8 Å². The van der Waals surface area contributed by atoms with Gasteiger partial charge in [-0.1, -0.05) is 78.9 Å². The molecule has 1 aliphatic rings. The van der Waals surface area contributed by atoms with Crippen molar-refractivity contribution < 1.29 is 9.47 Å². The van der Waals surface area contributed by atoms with Gasteiger partial charge in [0.15, 0.2) is 5.82 Å². The number of aryl methyl sites for hydroxylation is 1. The minimum atomic E-state index is -0.710. The molecule has 4 aromatic heterocycles. The van der Waals surface area contributed by atoms with Gasteiger partial charge in [-0.2, -0.15) is 10.2 Å². The number of hydrogen-bond donors (Lipinski definition) is 0. The van der Waals surface area contributed by atoms with Crippen LogP contribution in [-0.2, 0) is 19.1 Å². The highest BCUT2D eigenvalue weighted by atomic mass is 16.5. The van der Waals surface area contributed by atoms with Crippen LogP contribution in [0.4, 0.5) is 11.5 Å². The van der Waals surface area contributed by atoms with E-state index < -0.39 is 5.54 Å². The molecule has 0 amide bonds. The van der Waals surface area contributed by atoms with E-state index in [4.69, 9.17) is 29.5 Å². The van der Waals surface area contributed by atoms with Crippen molar-refractivity contribution >= 4 is 22.5 Å². The standard InChI is InChI=1S/C42H38N8O2/c1-48-27-31(26-45-48)30-21-39-38(43-25-30)19-20-41(46-39)49(35-22-36(51-2)24-37(23-35)52-3)28-40-44-29-50(47-40)42(32-13-7-4-8-14-32,33-15-9-5-10-16-33)34-17-11-6-12-18-34/h4-11,13-17,19-27,29H,12,18,28H2,1-3H3. The molecule has 0 fully saturated rings. The van der Waals surface area contributed by atoms with Gasteiger partial charge in [0, 0.05) is 48.8 Å². The molecular weight excluding hydrogens is 649 g/mol. The van der Waals surface area contributed by atoms with Crippen molar-refractivity contribution in [1.82, 2.24) is 34.5 Å². The molecule has 0 radical (unpaired) electrons. The van der Waals surface area contributed by atoms with E-state index in [0.29, 0.717) is 29.7 Å². The Hall–Kier alpha value is -6.55. The van der Waals surface area contributed by atoms with Gasteiger partial charge in [-0.3, -0.25) is 9.67 Å². The Kier molecular flexibility index (Phi) is 8.78. The zero-order chi connectivity index (χ0) is 35.5. The molecule has 0 spiro atoms. The van der Waals surface area contributed by atoms with Crippen LogP contribution >= 0.6 is 0 Å². The highest BCUT2D eigenvalue weighted by Gasteiger charge is 2.41. The van der Waals surface area contributed by atoms with E-state index in [2.05, 4.69) is 76.8 Å². The predicted molar refractivity (Wildman–Crippen MR) is 203 cm³/mol. The Morgan fingerprint density at radius 2 is 1.52 bits per heavy atom. The second-order valence-electron chi connectivity index (χ2n) is 12.7. The molecule has 0 unspecified atom stereocenters. The third-order valence-electron chi connectivity index (χ3n) is 9.53. The van der Waals surface area contributed by atoms with Crippen molar-refractivity contribution in [3.8, 4) is 22.6 Å². The van der Waals surface area contributed by atoms with Crippen molar-refractivity contribution in [1.29, 1.82) is 0 Å². The topological polar surface area (TPSA) is 96.0 Å². The largest absolute Gasteiger partial charge is 0.497 e. The number of rotatable bonds is 11. The lowest BCUT2D eigenvalue weighted by Crippen LogP contribution is -2.39. The maximum atomic E-state index is 5.69. The quantitative estimate of drug-likeness (QED) is 0.135. The Morgan fingerprint density at radius 3 is 2.15 bits per heavy atom. The van der Waals surface area contributed by atoms with Crippen LogP contribution < -0.4 is 14.4 Å². The van der Waals surface area contributed by atoms with Crippen LogP contribution in [0.5, 0.6) is 11.5 Å². The molecule has 10 heteroatoms. The fourth-order valence-corrected chi connectivity index (χ4v) is 7.01. The molecule has 1 aliphatic carbocycles. The predicted octanol–water partition coefficient (Wildman–Crippen LogP) is 8.05. The number of pyridine rings is 2. The normalized spacial score (nSPS) is 12.9. The molecule has 8 rings (SSSR count). The second kappa shape index (κ2) is 14.0. The van der Waals surface area contributed by atoms with Gasteiger partial charge in [-0.15, -0.1) is 0 Å². The Balaban J connectivity index is 1.27. The summed E-state index contributed by atoms with van der Waals surface area (Å²) < 4.78 is 15.2. The van der Waals surface area contributed by atoms with Gasteiger partial charge < -0.3 is 14.4 Å². The van der Waals surface area contributed by atoms with E-state index in [1.165, 1.54) is 5.57 Å². The van der Waals surface area contributed by atoms with Crippen molar-refractivity contribution in [2.75, 3.05) is 19.1 Å². The summed E-state index contributed by atoms with van der Waals surface area (Å²) in [5, 5.41) is 9.63. The van der Waals surface area contributed by atoms with Gasteiger partial charge in [0.2, 0.25) is 0 Å². The van der Waals surface area contributed by atoms with Crippen LogP contribution in [-0.4, -0.2) is 48.7 Å². The molecule has 52 heavy (non-hydrogen) atoms. The maximum Gasteiger partial charge on any atom is 0.170 e. The number of methoxy groups -OCH3 is 2. The third-order valence-corrected chi connectivity index (χ3v) is 9.53. The summed E-state index contributed by atoms with van der Waals surface area (Å²) in [6, 6.07) is 32.9. The van der Waals surface area contributed by atoms with Crippen LogP contribution in [0.3, 0.4) is 0 Å². The summed E-state index contributed by atoms with van der Waals surface area (Å²) in [5.74, 6) is 2.63. The molecule has 0 N–H and O–H groups in total. The number of nitrogens with zero attached hydrogens (tertiary/aromatic N) is 8. The van der Waals surface area contributed by atoms with E-state index >= 15 is 0 Å². The first-order valence-electron chi connectivity index (χ1n) is 17.2. The average Bonchev–Trinajstić information content (AvgIpc) is 3.87. The molecular formula is C42H38N8O2. The average molecular weight is 687 g/mol. The fraction of sp³-hybridized carbons (Fsp3) is 0.167. The maximum absolute atomic E-state index is 5.69. The lowest BCUT2D eigenvalue weighted by atomic mass is 9.74. The van der Waals surface area contributed by atoms with Gasteiger partial charge in [-0.25, -0.2) is 14.6 Å². The number of ether oxygens (including phenoxy) is 2. The molecule has 258 valence electrons. The SMILES string of the molecule is COc1cc(OC)cc(N(Cc2ncn(C(C3=CC=CCC3)(c3ccccc3)c3ccccc3)n2)c2ccc3ncc(-c4cnn(C)c4)cc3n2)c1. The molecule has 0 saturated heterocycles. The molecule has 10 nitrogen and oxygen atoms in total. The Labute approximate surface area is 302 Å². The van der Waals surface area contributed by atoms with Gasteiger partial charge in [0.05, 0.1) is 43.7 Å². The second-order valence-corrected chi connectivity index (χ2v) is 12.7. The van der Waals surface area contributed by atoms with Gasteiger partial charge in [-0.05, 0) is 47.7 Å². The first kappa shape index (κ1) is 32.6. The third kappa shape index (κ3) is 6.08. The summed E-state index contributed by atoms with van der Waals surface area (Å²) in [6.45, 7) is 0.316. The number of benzene rings is 3. The van der Waals surface area contributed by atoms with Crippen LogP contribution in [0.2, 0.25) is 0 Å². The summed E-state index contributed by atoms with van der Waals surface area (Å²) in [7, 11) is 5.19. The highest BCUT2D eigenvalue weighted by molar-refractivity contribution is 5.82. The number of fused-ring (bicyclic) bond motifs is 1. The molecule has 3 aromatic carbocycles. The molecule has 4 heterocycles. The molecule has 0 aliphatic heterocycles. The molecule has 0 atom stereocenters. The fourth-order valence-electron chi connectivity index (χ4n) is 7.01. The lowest BCUT2D eigenvalue weighted by molar-refractivity contribution is 0.394. The molecule has 0 saturated carbocycles. The Morgan fingerprint density at radius 1 is 0.788 bits per heavy atom. The van der Waals surface area contributed by atoms with Crippen molar-refractivity contribution in [2.45, 2.75) is 24.9 Å². The van der Waals surface area contributed by atoms with E-state index in [9.17, 15) is 0 Å². The summed E-state index contributed by atoms with van der Waals surface area (Å²) in [4.78, 5) is 16.9. The monoisotopic (exact) mass is 686 g/mol. The van der Waals surface area contributed by atoms with Crippen LogP contribution in [0.15, 0.2) is 146 Å². The number of hydrogen-bond acceptors (Lipinski definition) is 8. The van der Waals surface area contributed by atoms with Crippen molar-refractivity contribution in [3.05, 3.63) is 163 Å². The number of anilines is 2.